The molecule has 1 aliphatic carbocycles. The van der Waals surface area contributed by atoms with E-state index >= 15 is 0 Å². The minimum atomic E-state index is -0.382. The van der Waals surface area contributed by atoms with Gasteiger partial charge in [-0.25, -0.2) is 4.79 Å². The van der Waals surface area contributed by atoms with Crippen LogP contribution in [-0.2, 0) is 23.4 Å². The first kappa shape index (κ1) is 25.9. The third-order valence-electron chi connectivity index (χ3n) is 8.05. The number of halogens is 1. The molecule has 1 saturated carbocycles. The molecule has 9 heteroatoms. The summed E-state index contributed by atoms with van der Waals surface area (Å²) in [6.45, 7) is 5.29. The second kappa shape index (κ2) is 10.5. The van der Waals surface area contributed by atoms with Gasteiger partial charge in [-0.3, -0.25) is 0 Å². The molecule has 2 aromatic carbocycles. The van der Waals surface area contributed by atoms with Gasteiger partial charge < -0.3 is 29.6 Å². The number of hydrogen-bond acceptors (Lipinski definition) is 6. The highest BCUT2D eigenvalue weighted by Crippen LogP contribution is 2.60. The summed E-state index contributed by atoms with van der Waals surface area (Å²) >= 11 is 3.72. The second-order valence-electron chi connectivity index (χ2n) is 10.1. The summed E-state index contributed by atoms with van der Waals surface area (Å²) in [6, 6.07) is 11.5. The molecule has 5 rings (SSSR count). The third kappa shape index (κ3) is 4.46. The maximum absolute atomic E-state index is 13.1. The van der Waals surface area contributed by atoms with E-state index in [2.05, 4.69) is 33.3 Å². The van der Waals surface area contributed by atoms with Crippen LogP contribution in [0.4, 0.5) is 4.79 Å². The van der Waals surface area contributed by atoms with E-state index in [1.165, 1.54) is 0 Å². The molecule has 0 unspecified atom stereocenters. The molecule has 8 nitrogen and oxygen atoms in total. The zero-order chi connectivity index (χ0) is 26.2. The van der Waals surface area contributed by atoms with Gasteiger partial charge in [-0.1, -0.05) is 42.4 Å². The molecule has 2 aromatic rings. The highest BCUT2D eigenvalue weighted by molar-refractivity contribution is 9.10. The number of amides is 2. The molecular formula is C28H34BrN3O5. The molecule has 37 heavy (non-hydrogen) atoms. The minimum Gasteiger partial charge on any atom is -0.495 e. The molecule has 2 heterocycles. The minimum absolute atomic E-state index is 0.124. The van der Waals surface area contributed by atoms with E-state index in [0.717, 1.165) is 39.0 Å². The van der Waals surface area contributed by atoms with Crippen LogP contribution in [0.1, 0.15) is 49.8 Å². The Balaban J connectivity index is 1.52. The van der Waals surface area contributed by atoms with E-state index in [1.54, 1.807) is 12.0 Å². The first-order chi connectivity index (χ1) is 17.9. The predicted octanol–water partition coefficient (Wildman–Crippen LogP) is 4.76. The molecular weight excluding hydrogens is 538 g/mol. The number of nitrogens with zero attached hydrogens (tertiary/aromatic N) is 2. The van der Waals surface area contributed by atoms with E-state index in [0.29, 0.717) is 38.3 Å². The number of oxime groups is 1. The first-order valence-corrected chi connectivity index (χ1v) is 13.7. The number of carbonyl (C=O) groups is 1. The van der Waals surface area contributed by atoms with Crippen LogP contribution in [0, 0.1) is 5.92 Å². The van der Waals surface area contributed by atoms with Crippen LogP contribution in [-0.4, -0.2) is 54.2 Å². The van der Waals surface area contributed by atoms with Gasteiger partial charge in [0.15, 0.2) is 0 Å². The van der Waals surface area contributed by atoms with E-state index < -0.39 is 0 Å². The summed E-state index contributed by atoms with van der Waals surface area (Å²) in [5.41, 5.74) is 3.76. The average Bonchev–Trinajstić information content (AvgIpc) is 3.15. The van der Waals surface area contributed by atoms with Crippen LogP contribution in [0.5, 0.6) is 11.5 Å². The Hall–Kier alpha value is -2.78. The monoisotopic (exact) mass is 571 g/mol. The Kier molecular flexibility index (Phi) is 7.36. The summed E-state index contributed by atoms with van der Waals surface area (Å²) in [5, 5.41) is 17.9. The lowest BCUT2D eigenvalue weighted by Crippen LogP contribution is -2.54. The van der Waals surface area contributed by atoms with Crippen LogP contribution >= 0.6 is 15.9 Å². The summed E-state index contributed by atoms with van der Waals surface area (Å²) in [5.74, 6) is 1.58. The number of rotatable bonds is 6. The van der Waals surface area contributed by atoms with E-state index in [1.807, 2.05) is 43.3 Å². The molecule has 1 fully saturated rings. The van der Waals surface area contributed by atoms with Crippen molar-refractivity contribution in [2.45, 2.75) is 63.8 Å². The first-order valence-electron chi connectivity index (χ1n) is 12.9. The molecule has 2 aliphatic heterocycles. The summed E-state index contributed by atoms with van der Waals surface area (Å²) in [4.78, 5) is 20.6. The van der Waals surface area contributed by atoms with Crippen molar-refractivity contribution in [1.29, 1.82) is 0 Å². The zero-order valence-electron chi connectivity index (χ0n) is 21.5. The lowest BCUT2D eigenvalue weighted by atomic mass is 9.59. The second-order valence-corrected chi connectivity index (χ2v) is 10.9. The number of hydrogen-bond donors (Lipinski definition) is 2. The summed E-state index contributed by atoms with van der Waals surface area (Å²) < 4.78 is 13.1. The number of ether oxygens (including phenoxy) is 2. The average molecular weight is 573 g/mol. The van der Waals surface area contributed by atoms with Crippen molar-refractivity contribution in [2.75, 3.05) is 20.3 Å². The number of benzene rings is 2. The maximum Gasteiger partial charge on any atom is 0.318 e. The van der Waals surface area contributed by atoms with Gasteiger partial charge in [0, 0.05) is 30.5 Å². The fourth-order valence-electron chi connectivity index (χ4n) is 6.33. The van der Waals surface area contributed by atoms with Gasteiger partial charge >= 0.3 is 6.03 Å². The zero-order valence-corrected chi connectivity index (χ0v) is 23.1. The Labute approximate surface area is 226 Å². The Morgan fingerprint density at radius 3 is 2.81 bits per heavy atom. The molecule has 0 saturated heterocycles. The molecule has 198 valence electrons. The molecule has 0 bridgehead atoms. The molecule has 0 aromatic heterocycles. The van der Waals surface area contributed by atoms with Gasteiger partial charge in [0.2, 0.25) is 0 Å². The number of nitrogens with one attached hydrogen (secondary N) is 1. The third-order valence-corrected chi connectivity index (χ3v) is 8.80. The maximum atomic E-state index is 13.1. The van der Waals surface area contributed by atoms with E-state index in [4.69, 9.17) is 14.3 Å². The van der Waals surface area contributed by atoms with Crippen molar-refractivity contribution in [2.24, 2.45) is 11.1 Å². The van der Waals surface area contributed by atoms with Crippen LogP contribution in [0.15, 0.2) is 46.0 Å². The standard InChI is InChI=1S/C28H34BrN3O5/c1-4-30-27(34)32-14-19-11-22(35-3)25(29)26-24(19)28(13-21(32)15-33)17(2)10-20(12-23(28)37-26)31-36-16-18-8-6-5-7-9-18/h5-9,11,17,21,23,33H,4,10,12-16H2,1-3H3,(H,30,34)/b31-20+/t17-,21+,23-,28+/m1/s1. The predicted molar refractivity (Wildman–Crippen MR) is 144 cm³/mol. The quantitative estimate of drug-likeness (QED) is 0.488. The van der Waals surface area contributed by atoms with Crippen molar-refractivity contribution in [1.82, 2.24) is 10.2 Å². The lowest BCUT2D eigenvalue weighted by molar-refractivity contribution is 0.0490. The van der Waals surface area contributed by atoms with E-state index in [9.17, 15) is 9.90 Å². The van der Waals surface area contributed by atoms with Crippen molar-refractivity contribution in [3.05, 3.63) is 57.6 Å². The molecule has 0 radical (unpaired) electrons. The number of urea groups is 1. The number of aliphatic hydroxyl groups is 1. The molecule has 2 N–H and O–H groups in total. The smallest absolute Gasteiger partial charge is 0.318 e. The fraction of sp³-hybridized carbons (Fsp3) is 0.500. The number of aliphatic hydroxyl groups excluding tert-OH is 1. The van der Waals surface area contributed by atoms with Crippen molar-refractivity contribution < 1.29 is 24.2 Å². The highest BCUT2D eigenvalue weighted by atomic mass is 79.9. The highest BCUT2D eigenvalue weighted by Gasteiger charge is 2.59. The van der Waals surface area contributed by atoms with Crippen LogP contribution in [0.3, 0.4) is 0 Å². The fourth-order valence-corrected chi connectivity index (χ4v) is 6.90. The lowest BCUT2D eigenvalue weighted by Gasteiger charge is -2.45. The Morgan fingerprint density at radius 2 is 2.11 bits per heavy atom. The van der Waals surface area contributed by atoms with Crippen LogP contribution in [0.25, 0.3) is 0 Å². The summed E-state index contributed by atoms with van der Waals surface area (Å²) in [7, 11) is 1.63. The summed E-state index contributed by atoms with van der Waals surface area (Å²) in [6.07, 6.45) is 1.76. The van der Waals surface area contributed by atoms with Gasteiger partial charge in [-0.2, -0.15) is 0 Å². The Bertz CT molecular complexity index is 1190. The molecule has 2 amide bonds. The number of carbonyl (C=O) groups excluding carboxylic acids is 1. The van der Waals surface area contributed by atoms with Gasteiger partial charge in [-0.15, -0.1) is 0 Å². The molecule has 3 aliphatic rings. The van der Waals surface area contributed by atoms with Crippen molar-refractivity contribution in [3.8, 4) is 11.5 Å². The SMILES string of the molecule is CCNC(=O)N1Cc2cc(OC)c(Br)c3c2[C@@]2(C[C@H]1CO)[C@H](C)C/C(=N\OCc1ccccc1)C[C@H]2O3. The van der Waals surface area contributed by atoms with Gasteiger partial charge in [0.25, 0.3) is 0 Å². The van der Waals surface area contributed by atoms with Crippen molar-refractivity contribution in [3.63, 3.8) is 0 Å². The van der Waals surface area contributed by atoms with Crippen LogP contribution < -0.4 is 14.8 Å². The van der Waals surface area contributed by atoms with Crippen molar-refractivity contribution >= 4 is 27.7 Å². The largest absolute Gasteiger partial charge is 0.495 e. The van der Waals surface area contributed by atoms with Crippen LogP contribution in [0.2, 0.25) is 0 Å². The van der Waals surface area contributed by atoms with Gasteiger partial charge in [0.1, 0.15) is 28.7 Å². The normalized spacial score (nSPS) is 27.1. The molecule has 1 spiro atoms. The Morgan fingerprint density at radius 1 is 1.32 bits per heavy atom. The van der Waals surface area contributed by atoms with E-state index in [-0.39, 0.29) is 36.1 Å². The topological polar surface area (TPSA) is 92.6 Å². The number of methoxy groups -OCH3 is 1. The van der Waals surface area contributed by atoms with Gasteiger partial charge in [0.05, 0.1) is 25.5 Å². The molecule has 4 atom stereocenters. The van der Waals surface area contributed by atoms with Gasteiger partial charge in [-0.05, 0) is 58.8 Å².